The molecule has 0 saturated carbocycles. The first-order valence-electron chi connectivity index (χ1n) is 5.12. The van der Waals surface area contributed by atoms with Gasteiger partial charge in [-0.25, -0.2) is 0 Å². The molecule has 0 aliphatic carbocycles. The number of hydrogen-bond donors (Lipinski definition) is 0. The van der Waals surface area contributed by atoms with E-state index in [4.69, 9.17) is 25.5 Å². The molecule has 14 heavy (non-hydrogen) atoms. The summed E-state index contributed by atoms with van der Waals surface area (Å²) in [6, 6.07) is 1.19. The molecule has 0 aromatic heterocycles. The van der Waals surface area contributed by atoms with Crippen LogP contribution in [0.5, 0.6) is 0 Å². The third-order valence-corrected chi connectivity index (χ3v) is 3.31. The summed E-state index contributed by atoms with van der Waals surface area (Å²) >= 11 is 5.55. The summed E-state index contributed by atoms with van der Waals surface area (Å²) in [6.07, 6.45) is 2.08. The van der Waals surface area contributed by atoms with Crippen LogP contribution in [-0.4, -0.2) is 49.2 Å². The Hall–Kier alpha value is 0.387. The summed E-state index contributed by atoms with van der Waals surface area (Å²) in [6.45, 7) is 2.96. The van der Waals surface area contributed by atoms with Crippen LogP contribution in [0.4, 0.5) is 0 Å². The van der Waals surface area contributed by atoms with Crippen LogP contribution in [0.15, 0.2) is 0 Å². The summed E-state index contributed by atoms with van der Waals surface area (Å²) in [5.74, 6) is 0.760. The first-order chi connectivity index (χ1) is 6.91. The molecule has 0 bridgehead atoms. The molecule has 0 radical (unpaired) electrons. The molecule has 0 spiro atoms. The molecular weight excluding hydrogens is 220 g/mol. The van der Waals surface area contributed by atoms with E-state index in [1.807, 2.05) is 0 Å². The third-order valence-electron chi connectivity index (χ3n) is 1.68. The van der Waals surface area contributed by atoms with Crippen molar-refractivity contribution >= 4 is 21.4 Å². The Morgan fingerprint density at radius 3 is 2.64 bits per heavy atom. The monoisotopic (exact) mass is 240 g/mol. The second-order valence-electron chi connectivity index (χ2n) is 2.97. The molecule has 0 aliphatic rings. The van der Waals surface area contributed by atoms with Crippen LogP contribution in [0.2, 0.25) is 6.04 Å². The fourth-order valence-corrected chi connectivity index (χ4v) is 2.48. The smallest absolute Gasteiger partial charge is 0.161 e. The Morgan fingerprint density at radius 1 is 1.07 bits per heavy atom. The highest BCUT2D eigenvalue weighted by atomic mass is 35.5. The lowest BCUT2D eigenvalue weighted by atomic mass is 10.5. The van der Waals surface area contributed by atoms with Gasteiger partial charge >= 0.3 is 0 Å². The van der Waals surface area contributed by atoms with E-state index in [2.05, 4.69) is 0 Å². The fourth-order valence-electron chi connectivity index (χ4n) is 0.908. The van der Waals surface area contributed by atoms with E-state index >= 15 is 0 Å². The molecule has 0 aliphatic heterocycles. The van der Waals surface area contributed by atoms with Crippen molar-refractivity contribution in [3.05, 3.63) is 0 Å². The number of rotatable bonds is 11. The van der Waals surface area contributed by atoms with Crippen molar-refractivity contribution < 1.29 is 13.9 Å². The van der Waals surface area contributed by atoms with E-state index < -0.39 is 0 Å². The lowest BCUT2D eigenvalue weighted by Crippen LogP contribution is -2.07. The Bertz CT molecular complexity index is 94.1. The summed E-state index contributed by atoms with van der Waals surface area (Å²) in [7, 11) is 1.37. The molecule has 86 valence electrons. The molecular formula is C9H21ClO3Si. The van der Waals surface area contributed by atoms with Crippen LogP contribution in [0.1, 0.15) is 12.8 Å². The molecule has 0 heterocycles. The summed E-state index contributed by atoms with van der Waals surface area (Å²) < 4.78 is 15.7. The molecule has 0 fully saturated rings. The lowest BCUT2D eigenvalue weighted by molar-refractivity contribution is 0.0646. The van der Waals surface area contributed by atoms with Gasteiger partial charge in [0.2, 0.25) is 0 Å². The molecule has 0 atom stereocenters. The first kappa shape index (κ1) is 14.4. The highest BCUT2D eigenvalue weighted by Gasteiger charge is 1.91. The van der Waals surface area contributed by atoms with Gasteiger partial charge in [-0.15, -0.1) is 11.6 Å². The number of alkyl halides is 1. The number of methoxy groups -OCH3 is 1. The molecule has 0 unspecified atom stereocenters. The van der Waals surface area contributed by atoms with Gasteiger partial charge in [-0.3, -0.25) is 0 Å². The largest absolute Gasteiger partial charge is 0.424 e. The van der Waals surface area contributed by atoms with Crippen LogP contribution in [-0.2, 0) is 13.9 Å². The number of hydrogen-bond acceptors (Lipinski definition) is 3. The highest BCUT2D eigenvalue weighted by molar-refractivity contribution is 6.27. The van der Waals surface area contributed by atoms with Crippen molar-refractivity contribution in [3.8, 4) is 0 Å². The van der Waals surface area contributed by atoms with Crippen molar-refractivity contribution in [2.45, 2.75) is 18.9 Å². The minimum absolute atomic E-state index is 0.308. The van der Waals surface area contributed by atoms with Gasteiger partial charge in [-0.05, 0) is 18.9 Å². The van der Waals surface area contributed by atoms with Gasteiger partial charge in [-0.1, -0.05) is 0 Å². The average Bonchev–Trinajstić information content (AvgIpc) is 2.21. The Kier molecular flexibility index (Phi) is 13.8. The second-order valence-corrected chi connectivity index (χ2v) is 4.87. The van der Waals surface area contributed by atoms with Crippen LogP contribution in [0.25, 0.3) is 0 Å². The van der Waals surface area contributed by atoms with Gasteiger partial charge in [0.1, 0.15) is 0 Å². The fraction of sp³-hybridized carbons (Fsp3) is 1.00. The predicted molar refractivity (Wildman–Crippen MR) is 62.0 cm³/mol. The molecule has 0 saturated heterocycles. The predicted octanol–water partition coefficient (Wildman–Crippen LogP) is 1.19. The van der Waals surface area contributed by atoms with E-state index in [1.165, 1.54) is 6.04 Å². The minimum Gasteiger partial charge on any atom is -0.424 e. The van der Waals surface area contributed by atoms with Gasteiger partial charge in [-0.2, -0.15) is 0 Å². The molecule has 3 nitrogen and oxygen atoms in total. The zero-order chi connectivity index (χ0) is 10.5. The first-order valence-corrected chi connectivity index (χ1v) is 7.23. The van der Waals surface area contributed by atoms with Crippen molar-refractivity contribution in [1.29, 1.82) is 0 Å². The standard InChI is InChI=1S/C9H21ClO3Si/c1-11-7-8-12-5-3-6-13-14-9-2-4-10/h2-9,14H2,1H3. The maximum Gasteiger partial charge on any atom is 0.161 e. The lowest BCUT2D eigenvalue weighted by Gasteiger charge is -2.04. The number of ether oxygens (including phenoxy) is 2. The quantitative estimate of drug-likeness (QED) is 0.309. The van der Waals surface area contributed by atoms with E-state index in [0.29, 0.717) is 13.2 Å². The van der Waals surface area contributed by atoms with Gasteiger partial charge in [0.25, 0.3) is 0 Å². The van der Waals surface area contributed by atoms with E-state index in [1.54, 1.807) is 7.11 Å². The molecule has 0 aromatic carbocycles. The Balaban J connectivity index is 2.78. The zero-order valence-corrected chi connectivity index (χ0v) is 11.1. The van der Waals surface area contributed by atoms with Crippen LogP contribution in [0, 0.1) is 0 Å². The normalized spacial score (nSPS) is 11.6. The molecule has 0 rings (SSSR count). The maximum absolute atomic E-state index is 5.55. The molecule has 0 aromatic rings. The highest BCUT2D eigenvalue weighted by Crippen LogP contribution is 1.93. The average molecular weight is 241 g/mol. The van der Waals surface area contributed by atoms with E-state index in [9.17, 15) is 0 Å². The van der Waals surface area contributed by atoms with Gasteiger partial charge < -0.3 is 13.9 Å². The van der Waals surface area contributed by atoms with Gasteiger partial charge in [0.15, 0.2) is 9.76 Å². The van der Waals surface area contributed by atoms with Crippen molar-refractivity contribution in [1.82, 2.24) is 0 Å². The minimum atomic E-state index is -0.308. The maximum atomic E-state index is 5.55. The topological polar surface area (TPSA) is 27.7 Å². The van der Waals surface area contributed by atoms with E-state index in [0.717, 1.165) is 31.9 Å². The summed E-state index contributed by atoms with van der Waals surface area (Å²) in [4.78, 5) is 0. The number of halogens is 1. The third kappa shape index (κ3) is 12.4. The van der Waals surface area contributed by atoms with Gasteiger partial charge in [0.05, 0.1) is 13.2 Å². The van der Waals surface area contributed by atoms with Crippen LogP contribution < -0.4 is 0 Å². The summed E-state index contributed by atoms with van der Waals surface area (Å²) in [5.41, 5.74) is 0. The van der Waals surface area contributed by atoms with E-state index in [-0.39, 0.29) is 9.76 Å². The Labute approximate surface area is 94.0 Å². The van der Waals surface area contributed by atoms with Crippen LogP contribution >= 0.6 is 11.6 Å². The van der Waals surface area contributed by atoms with Crippen molar-refractivity contribution in [2.75, 3.05) is 39.4 Å². The second kappa shape index (κ2) is 13.4. The van der Waals surface area contributed by atoms with Crippen LogP contribution in [0.3, 0.4) is 0 Å². The van der Waals surface area contributed by atoms with Crippen molar-refractivity contribution in [3.63, 3.8) is 0 Å². The summed E-state index contributed by atoms with van der Waals surface area (Å²) in [5, 5.41) is 0. The Morgan fingerprint density at radius 2 is 1.93 bits per heavy atom. The molecule has 0 amide bonds. The van der Waals surface area contributed by atoms with Crippen molar-refractivity contribution in [2.24, 2.45) is 0 Å². The molecule has 5 heteroatoms. The molecule has 0 N–H and O–H groups in total. The SMILES string of the molecule is COCCOCCCO[SiH2]CCCCl. The zero-order valence-electron chi connectivity index (χ0n) is 8.97. The van der Waals surface area contributed by atoms with Gasteiger partial charge in [0, 0.05) is 26.2 Å².